The molecular formula is C22H29F3N8O5S. The number of nitrogens with two attached hydrogens (primary N) is 1. The number of amides is 3. The van der Waals surface area contributed by atoms with Crippen molar-refractivity contribution < 1.29 is 37.5 Å². The fourth-order valence-corrected chi connectivity index (χ4v) is 6.76. The third-order valence-electron chi connectivity index (χ3n) is 7.09. The Labute approximate surface area is 225 Å². The third kappa shape index (κ3) is 5.28. The highest BCUT2D eigenvalue weighted by molar-refractivity contribution is 8.03. The molecule has 13 nitrogen and oxygen atoms in total. The minimum atomic E-state index is -4.83. The van der Waals surface area contributed by atoms with E-state index in [1.807, 2.05) is 6.92 Å². The lowest BCUT2D eigenvalue weighted by Gasteiger charge is -2.47. The molecule has 2 fully saturated rings. The molecule has 0 aliphatic carbocycles. The number of hydrogen-bond acceptors (Lipinski definition) is 9. The maximum absolute atomic E-state index is 13.1. The number of nitrogens with one attached hydrogen (secondary N) is 2. The van der Waals surface area contributed by atoms with Crippen molar-refractivity contribution in [3.8, 4) is 0 Å². The molecule has 0 radical (unpaired) electrons. The second kappa shape index (κ2) is 10.3. The number of nitrogens with zero attached hydrogens (tertiary/aromatic N) is 5. The first-order valence-corrected chi connectivity index (χ1v) is 13.0. The molecule has 4 heterocycles. The zero-order valence-corrected chi connectivity index (χ0v) is 22.3. The van der Waals surface area contributed by atoms with Gasteiger partial charge >= 0.3 is 12.1 Å². The van der Waals surface area contributed by atoms with Crippen LogP contribution in [0.3, 0.4) is 0 Å². The molecule has 4 rings (SSSR count). The van der Waals surface area contributed by atoms with Crippen LogP contribution in [0.25, 0.3) is 0 Å². The lowest BCUT2D eigenvalue weighted by molar-refractivity contribution is -0.158. The van der Waals surface area contributed by atoms with Gasteiger partial charge in [0.25, 0.3) is 5.82 Å². The van der Waals surface area contributed by atoms with Crippen molar-refractivity contribution in [1.29, 1.82) is 0 Å². The standard InChI is InChI=1S/C22H29F3N8O5S/c1-8-14-13(9(2)28-12(34)7-32-21(26)29-20(30-32)22(23,24)25)18(36)33(14)15(19(37)38)16(8)39-10-5-11(27-6-10)17(35)31(3)4/h8-11,13-14,27H,5-7H2,1-4H3,(H,28,34)(H,37,38)(H2,26,29,30)/t8-,9-,10+,11+,13-,14-/m1/s1. The van der Waals surface area contributed by atoms with E-state index in [1.165, 1.54) is 21.6 Å². The molecule has 214 valence electrons. The SMILES string of the molecule is C[C@@H](NC(=O)Cn1nc(C(F)(F)F)nc1N)[C@H]1C(=O)N2C(C(=O)O)=C(S[C@@H]3CN[C@H](C(=O)N(C)C)C3)[C@H](C)[C@H]12. The largest absolute Gasteiger partial charge is 0.477 e. The Hall–Kier alpha value is -3.34. The Morgan fingerprint density at radius 2 is 2.00 bits per heavy atom. The van der Waals surface area contributed by atoms with E-state index >= 15 is 0 Å². The molecule has 0 unspecified atom stereocenters. The van der Waals surface area contributed by atoms with Crippen molar-refractivity contribution in [2.75, 3.05) is 26.4 Å². The fraction of sp³-hybridized carbons (Fsp3) is 0.636. The van der Waals surface area contributed by atoms with Crippen LogP contribution in [0.5, 0.6) is 0 Å². The van der Waals surface area contributed by atoms with E-state index in [2.05, 4.69) is 20.7 Å². The van der Waals surface area contributed by atoms with Gasteiger partial charge in [-0.15, -0.1) is 16.9 Å². The van der Waals surface area contributed by atoms with Gasteiger partial charge in [0, 0.05) is 42.8 Å². The molecule has 0 saturated carbocycles. The maximum Gasteiger partial charge on any atom is 0.453 e. The molecule has 3 aliphatic heterocycles. The number of carbonyl (C=O) groups is 4. The second-order valence-corrected chi connectivity index (χ2v) is 11.3. The molecule has 17 heteroatoms. The molecule has 1 aromatic rings. The van der Waals surface area contributed by atoms with Gasteiger partial charge in [-0.3, -0.25) is 14.4 Å². The quantitative estimate of drug-likeness (QED) is 0.302. The summed E-state index contributed by atoms with van der Waals surface area (Å²) in [5, 5.41) is 18.8. The van der Waals surface area contributed by atoms with Crippen LogP contribution in [-0.4, -0.2) is 97.4 Å². The van der Waals surface area contributed by atoms with E-state index in [0.29, 0.717) is 22.6 Å². The van der Waals surface area contributed by atoms with Gasteiger partial charge < -0.3 is 31.3 Å². The molecule has 0 spiro atoms. The number of halogens is 3. The summed E-state index contributed by atoms with van der Waals surface area (Å²) >= 11 is 1.34. The number of hydrogen-bond donors (Lipinski definition) is 4. The summed E-state index contributed by atoms with van der Waals surface area (Å²) in [6.45, 7) is 3.23. The summed E-state index contributed by atoms with van der Waals surface area (Å²) in [6.07, 6.45) is -4.33. The van der Waals surface area contributed by atoms with Crippen molar-refractivity contribution in [2.45, 2.75) is 56.4 Å². The predicted molar refractivity (Wildman–Crippen MR) is 131 cm³/mol. The lowest BCUT2D eigenvalue weighted by Crippen LogP contribution is -2.66. The summed E-state index contributed by atoms with van der Waals surface area (Å²) in [6, 6.07) is -1.66. The third-order valence-corrected chi connectivity index (χ3v) is 8.60. The predicted octanol–water partition coefficient (Wildman–Crippen LogP) is -0.291. The molecule has 2 saturated heterocycles. The Kier molecular flexibility index (Phi) is 7.59. The summed E-state index contributed by atoms with van der Waals surface area (Å²) in [5.41, 5.74) is 5.35. The first-order chi connectivity index (χ1) is 18.1. The van der Waals surface area contributed by atoms with Crippen LogP contribution in [0, 0.1) is 11.8 Å². The molecule has 1 aromatic heterocycles. The average Bonchev–Trinajstić information content (AvgIpc) is 3.50. The number of β-lactam (4-membered cyclic amide) rings is 1. The van der Waals surface area contributed by atoms with Crippen molar-refractivity contribution in [3.63, 3.8) is 0 Å². The first kappa shape index (κ1) is 28.7. The van der Waals surface area contributed by atoms with E-state index < -0.39 is 60.3 Å². The van der Waals surface area contributed by atoms with Crippen molar-refractivity contribution >= 4 is 41.4 Å². The van der Waals surface area contributed by atoms with Crippen LogP contribution in [0.15, 0.2) is 10.6 Å². The van der Waals surface area contributed by atoms with Crippen LogP contribution in [0.1, 0.15) is 26.1 Å². The summed E-state index contributed by atoms with van der Waals surface area (Å²) < 4.78 is 39.1. The van der Waals surface area contributed by atoms with Gasteiger partial charge in [-0.25, -0.2) is 9.48 Å². The van der Waals surface area contributed by atoms with Crippen LogP contribution < -0.4 is 16.4 Å². The van der Waals surface area contributed by atoms with Gasteiger partial charge in [0.1, 0.15) is 12.2 Å². The molecule has 3 aliphatic rings. The van der Waals surface area contributed by atoms with Gasteiger partial charge in [0.2, 0.25) is 23.7 Å². The van der Waals surface area contributed by atoms with Crippen LogP contribution in [0.4, 0.5) is 19.1 Å². The zero-order valence-electron chi connectivity index (χ0n) is 21.5. The fourth-order valence-electron chi connectivity index (χ4n) is 5.28. The maximum atomic E-state index is 13.1. The number of aromatic nitrogens is 3. The number of carboxylic acids is 1. The topological polar surface area (TPSA) is 176 Å². The van der Waals surface area contributed by atoms with Gasteiger partial charge in [-0.2, -0.15) is 18.2 Å². The Balaban J connectivity index is 1.43. The summed E-state index contributed by atoms with van der Waals surface area (Å²) in [7, 11) is 3.32. The lowest BCUT2D eigenvalue weighted by atomic mass is 9.78. The van der Waals surface area contributed by atoms with Crippen LogP contribution >= 0.6 is 11.8 Å². The highest BCUT2D eigenvalue weighted by atomic mass is 32.2. The number of rotatable bonds is 8. The van der Waals surface area contributed by atoms with E-state index in [0.717, 1.165) is 0 Å². The van der Waals surface area contributed by atoms with Crippen molar-refractivity contribution in [1.82, 2.24) is 35.2 Å². The highest BCUT2D eigenvalue weighted by Gasteiger charge is 2.60. The van der Waals surface area contributed by atoms with Gasteiger partial charge in [-0.05, 0) is 13.3 Å². The normalized spacial score (nSPS) is 27.3. The molecule has 5 N–H and O–H groups in total. The molecule has 3 amide bonds. The van der Waals surface area contributed by atoms with Gasteiger partial charge in [0.15, 0.2) is 0 Å². The van der Waals surface area contributed by atoms with E-state index in [-0.39, 0.29) is 28.8 Å². The van der Waals surface area contributed by atoms with E-state index in [4.69, 9.17) is 5.73 Å². The minimum Gasteiger partial charge on any atom is -0.477 e. The number of alkyl halides is 3. The Bertz CT molecular complexity index is 1230. The van der Waals surface area contributed by atoms with Crippen LogP contribution in [0.2, 0.25) is 0 Å². The number of thioether (sulfide) groups is 1. The Morgan fingerprint density at radius 1 is 1.33 bits per heavy atom. The molecular weight excluding hydrogens is 545 g/mol. The van der Waals surface area contributed by atoms with Crippen molar-refractivity contribution in [2.24, 2.45) is 11.8 Å². The number of nitrogen functional groups attached to an aromatic ring is 1. The van der Waals surface area contributed by atoms with Gasteiger partial charge in [-0.1, -0.05) is 6.92 Å². The zero-order chi connectivity index (χ0) is 29.0. The molecule has 6 atom stereocenters. The monoisotopic (exact) mass is 574 g/mol. The molecule has 39 heavy (non-hydrogen) atoms. The summed E-state index contributed by atoms with van der Waals surface area (Å²) in [5.74, 6) is -5.70. The van der Waals surface area contributed by atoms with E-state index in [1.54, 1.807) is 21.0 Å². The first-order valence-electron chi connectivity index (χ1n) is 12.1. The Morgan fingerprint density at radius 3 is 2.56 bits per heavy atom. The van der Waals surface area contributed by atoms with Crippen LogP contribution in [-0.2, 0) is 31.9 Å². The number of aliphatic carboxylic acids is 1. The summed E-state index contributed by atoms with van der Waals surface area (Å²) in [4.78, 5) is 56.5. The molecule has 0 bridgehead atoms. The van der Waals surface area contributed by atoms with Crippen molar-refractivity contribution in [3.05, 3.63) is 16.4 Å². The average molecular weight is 575 g/mol. The number of fused-ring (bicyclic) bond motifs is 1. The number of likely N-dealkylation sites (N-methyl/N-ethyl adjacent to an activating group) is 1. The number of carboxylic acid groups (broad SMARTS) is 1. The van der Waals surface area contributed by atoms with E-state index in [9.17, 15) is 37.5 Å². The smallest absolute Gasteiger partial charge is 0.453 e. The molecule has 0 aromatic carbocycles. The number of carbonyl (C=O) groups excluding carboxylic acids is 3. The van der Waals surface area contributed by atoms with Gasteiger partial charge in [0.05, 0.1) is 18.0 Å². The second-order valence-electron chi connectivity index (χ2n) is 10.0. The number of anilines is 1. The highest BCUT2D eigenvalue weighted by Crippen LogP contribution is 2.51. The minimum absolute atomic E-state index is 0.0732.